The molecule has 0 aromatic heterocycles. The molecule has 2 aromatic carbocycles. The number of halogens is 1. The number of carbonyl (C=O) groups is 2. The van der Waals surface area contributed by atoms with E-state index in [0.29, 0.717) is 11.3 Å². The second-order valence-electron chi connectivity index (χ2n) is 9.07. The number of carbonyl (C=O) groups excluding carboxylic acids is 2. The van der Waals surface area contributed by atoms with Crippen molar-refractivity contribution in [2.24, 2.45) is 0 Å². The third-order valence-electron chi connectivity index (χ3n) is 6.25. The number of nitrogens with one attached hydrogen (secondary N) is 1. The summed E-state index contributed by atoms with van der Waals surface area (Å²) in [5.74, 6) is -1.12. The van der Waals surface area contributed by atoms with Gasteiger partial charge in [0.05, 0.1) is 11.9 Å². The Labute approximate surface area is 214 Å². The molecule has 7 nitrogen and oxygen atoms in total. The van der Waals surface area contributed by atoms with Crippen LogP contribution in [0.4, 0.5) is 10.1 Å². The molecule has 0 fully saturated rings. The van der Waals surface area contributed by atoms with Gasteiger partial charge in [0.15, 0.2) is 0 Å². The molecule has 0 radical (unpaired) electrons. The summed E-state index contributed by atoms with van der Waals surface area (Å²) in [4.78, 5) is 27.4. The summed E-state index contributed by atoms with van der Waals surface area (Å²) in [7, 11) is -3.56. The molecule has 0 saturated heterocycles. The number of amides is 2. The minimum absolute atomic E-state index is 0.00840. The number of nitrogens with zero attached hydrogens (tertiary/aromatic N) is 2. The van der Waals surface area contributed by atoms with Gasteiger partial charge in [-0.1, -0.05) is 44.2 Å². The van der Waals surface area contributed by atoms with E-state index in [-0.39, 0.29) is 43.8 Å². The zero-order valence-electron chi connectivity index (χ0n) is 21.8. The molecular formula is C27H38FN3O4S. The van der Waals surface area contributed by atoms with Crippen LogP contribution in [0.5, 0.6) is 0 Å². The maximum Gasteiger partial charge on any atom is 0.242 e. The summed E-state index contributed by atoms with van der Waals surface area (Å²) in [6, 6.07) is 12.5. The van der Waals surface area contributed by atoms with Crippen LogP contribution < -0.4 is 9.62 Å². The first-order valence-electron chi connectivity index (χ1n) is 12.4. The molecule has 2 atom stereocenters. The minimum atomic E-state index is -3.56. The molecule has 9 heteroatoms. The first-order valence-corrected chi connectivity index (χ1v) is 14.2. The van der Waals surface area contributed by atoms with Crippen molar-refractivity contribution >= 4 is 27.5 Å². The number of hydrogen-bond acceptors (Lipinski definition) is 4. The third kappa shape index (κ3) is 8.33. The summed E-state index contributed by atoms with van der Waals surface area (Å²) in [6.45, 7) is 7.51. The first-order chi connectivity index (χ1) is 17.0. The van der Waals surface area contributed by atoms with Crippen LogP contribution in [-0.2, 0) is 32.6 Å². The highest BCUT2D eigenvalue weighted by molar-refractivity contribution is 7.92. The van der Waals surface area contributed by atoms with Crippen LogP contribution in [0.25, 0.3) is 0 Å². The van der Waals surface area contributed by atoms with Crippen LogP contribution in [-0.4, -0.2) is 50.0 Å². The second-order valence-corrected chi connectivity index (χ2v) is 11.0. The fourth-order valence-corrected chi connectivity index (χ4v) is 4.73. The Hall–Kier alpha value is -2.94. The van der Waals surface area contributed by atoms with E-state index in [1.807, 2.05) is 32.9 Å². The van der Waals surface area contributed by atoms with Crippen molar-refractivity contribution in [1.82, 2.24) is 10.2 Å². The van der Waals surface area contributed by atoms with Crippen molar-refractivity contribution in [3.05, 3.63) is 65.5 Å². The van der Waals surface area contributed by atoms with Gasteiger partial charge in [-0.2, -0.15) is 0 Å². The average molecular weight is 520 g/mol. The number of rotatable bonds is 13. The van der Waals surface area contributed by atoms with Crippen LogP contribution in [0.15, 0.2) is 48.5 Å². The van der Waals surface area contributed by atoms with E-state index in [1.54, 1.807) is 37.3 Å². The van der Waals surface area contributed by atoms with Crippen molar-refractivity contribution in [1.29, 1.82) is 0 Å². The van der Waals surface area contributed by atoms with Crippen molar-refractivity contribution in [3.63, 3.8) is 0 Å². The summed E-state index contributed by atoms with van der Waals surface area (Å²) in [5, 5.41) is 2.88. The van der Waals surface area contributed by atoms with E-state index in [4.69, 9.17) is 0 Å². The molecule has 198 valence electrons. The Bertz CT molecular complexity index is 1120. The predicted molar refractivity (Wildman–Crippen MR) is 142 cm³/mol. The maximum atomic E-state index is 14.4. The minimum Gasteiger partial charge on any atom is -0.352 e. The highest BCUT2D eigenvalue weighted by Crippen LogP contribution is 2.20. The predicted octanol–water partition coefficient (Wildman–Crippen LogP) is 4.27. The lowest BCUT2D eigenvalue weighted by Gasteiger charge is -2.30. The van der Waals surface area contributed by atoms with Gasteiger partial charge in [0, 0.05) is 31.1 Å². The fourth-order valence-electron chi connectivity index (χ4n) is 3.76. The molecular weight excluding hydrogens is 481 g/mol. The quantitative estimate of drug-likeness (QED) is 0.428. The van der Waals surface area contributed by atoms with E-state index >= 15 is 0 Å². The van der Waals surface area contributed by atoms with Gasteiger partial charge in [0.1, 0.15) is 11.9 Å². The Morgan fingerprint density at radius 2 is 1.67 bits per heavy atom. The second kappa shape index (κ2) is 13.4. The molecule has 0 heterocycles. The number of sulfonamides is 1. The van der Waals surface area contributed by atoms with Crippen molar-refractivity contribution in [2.45, 2.75) is 72.0 Å². The highest BCUT2D eigenvalue weighted by atomic mass is 32.2. The smallest absolute Gasteiger partial charge is 0.242 e. The average Bonchev–Trinajstić information content (AvgIpc) is 2.84. The largest absolute Gasteiger partial charge is 0.352 e. The first kappa shape index (κ1) is 29.3. The molecule has 0 unspecified atom stereocenters. The summed E-state index contributed by atoms with van der Waals surface area (Å²) < 4.78 is 40.5. The van der Waals surface area contributed by atoms with Gasteiger partial charge in [0.2, 0.25) is 21.8 Å². The molecule has 0 bridgehead atoms. The monoisotopic (exact) mass is 519 g/mol. The van der Waals surface area contributed by atoms with E-state index in [1.165, 1.54) is 15.3 Å². The van der Waals surface area contributed by atoms with Crippen LogP contribution in [0, 0.1) is 5.82 Å². The SMILES string of the molecule is CCc1ccc(N(CCCC(=O)N(Cc2ccccc2F)[C@@H](C)C(=O)N[C@@H](C)CC)S(C)(=O)=O)cc1. The van der Waals surface area contributed by atoms with Crippen molar-refractivity contribution < 1.29 is 22.4 Å². The Balaban J connectivity index is 2.18. The van der Waals surface area contributed by atoms with Gasteiger partial charge >= 0.3 is 0 Å². The lowest BCUT2D eigenvalue weighted by Crippen LogP contribution is -2.49. The van der Waals surface area contributed by atoms with Crippen molar-refractivity contribution in [2.75, 3.05) is 17.1 Å². The van der Waals surface area contributed by atoms with E-state index in [0.717, 1.165) is 24.7 Å². The molecule has 0 aliphatic carbocycles. The summed E-state index contributed by atoms with van der Waals surface area (Å²) >= 11 is 0. The zero-order valence-corrected chi connectivity index (χ0v) is 22.6. The Morgan fingerprint density at radius 3 is 2.22 bits per heavy atom. The molecule has 2 rings (SSSR count). The molecule has 1 N–H and O–H groups in total. The molecule has 0 saturated carbocycles. The molecule has 0 aliphatic rings. The summed E-state index contributed by atoms with van der Waals surface area (Å²) in [6.07, 6.45) is 2.96. The molecule has 0 spiro atoms. The zero-order chi connectivity index (χ0) is 26.9. The Kier molecular flexibility index (Phi) is 10.9. The van der Waals surface area contributed by atoms with Gasteiger partial charge in [-0.3, -0.25) is 13.9 Å². The maximum absolute atomic E-state index is 14.4. The van der Waals surface area contributed by atoms with Crippen molar-refractivity contribution in [3.8, 4) is 0 Å². The number of aryl methyl sites for hydroxylation is 1. The van der Waals surface area contributed by atoms with Crippen LogP contribution in [0.1, 0.15) is 58.1 Å². The van der Waals surface area contributed by atoms with Gasteiger partial charge in [0.25, 0.3) is 0 Å². The Morgan fingerprint density at radius 1 is 1.03 bits per heavy atom. The molecule has 2 aromatic rings. The number of anilines is 1. The molecule has 0 aliphatic heterocycles. The van der Waals surface area contributed by atoms with Gasteiger partial charge < -0.3 is 10.2 Å². The van der Waals surface area contributed by atoms with Gasteiger partial charge in [-0.25, -0.2) is 12.8 Å². The number of hydrogen-bond donors (Lipinski definition) is 1. The normalized spacial score (nSPS) is 13.1. The van der Waals surface area contributed by atoms with Gasteiger partial charge in [-0.05, 0) is 56.9 Å². The molecule has 2 amide bonds. The molecule has 36 heavy (non-hydrogen) atoms. The standard InChI is InChI=1S/C27H38FN3O4S/c1-6-20(3)29-27(33)21(4)30(19-23-11-8-9-12-25(23)28)26(32)13-10-18-31(36(5,34)35)24-16-14-22(7-2)15-17-24/h8-9,11-12,14-17,20-21H,6-7,10,13,18-19H2,1-5H3,(H,29,33)/t20-,21-/m0/s1. The van der Waals surface area contributed by atoms with E-state index in [2.05, 4.69) is 5.32 Å². The highest BCUT2D eigenvalue weighted by Gasteiger charge is 2.28. The third-order valence-corrected chi connectivity index (χ3v) is 7.45. The lowest BCUT2D eigenvalue weighted by atomic mass is 10.1. The summed E-state index contributed by atoms with van der Waals surface area (Å²) in [5.41, 5.74) is 1.94. The van der Waals surface area contributed by atoms with Crippen LogP contribution >= 0.6 is 0 Å². The fraction of sp³-hybridized carbons (Fsp3) is 0.481. The topological polar surface area (TPSA) is 86.8 Å². The van der Waals surface area contributed by atoms with Crippen LogP contribution in [0.2, 0.25) is 0 Å². The van der Waals surface area contributed by atoms with Gasteiger partial charge in [-0.15, -0.1) is 0 Å². The number of benzene rings is 2. The lowest BCUT2D eigenvalue weighted by molar-refractivity contribution is -0.141. The van der Waals surface area contributed by atoms with Crippen LogP contribution in [0.3, 0.4) is 0 Å². The van der Waals surface area contributed by atoms with E-state index < -0.39 is 21.9 Å². The van der Waals surface area contributed by atoms with E-state index in [9.17, 15) is 22.4 Å².